The topological polar surface area (TPSA) is 77.8 Å². The second kappa shape index (κ2) is 14.6. The zero-order chi connectivity index (χ0) is 35.7. The molecule has 1 aromatic carbocycles. The van der Waals surface area contributed by atoms with Gasteiger partial charge in [0.2, 0.25) is 0 Å². The van der Waals surface area contributed by atoms with E-state index in [0.29, 0.717) is 36.5 Å². The molecule has 1 aromatic rings. The molecule has 0 spiro atoms. The summed E-state index contributed by atoms with van der Waals surface area (Å²) in [5, 5.41) is 30.4. The van der Waals surface area contributed by atoms with Crippen LogP contribution >= 0.6 is 0 Å². The Morgan fingerprint density at radius 2 is 1.50 bits per heavy atom. The number of hydrogen-bond acceptors (Lipinski definition) is 3. The number of aliphatic hydroxyl groups is 1. The van der Waals surface area contributed by atoms with E-state index in [1.165, 1.54) is 11.1 Å². The molecule has 3 aliphatic rings. The molecule has 274 valence electrons. The van der Waals surface area contributed by atoms with Crippen LogP contribution < -0.4 is 0 Å². The molecular weight excluding hydrogens is 655 g/mol. The van der Waals surface area contributed by atoms with Crippen molar-refractivity contribution in [3.05, 3.63) is 29.3 Å². The van der Waals surface area contributed by atoms with E-state index in [1.807, 2.05) is 6.07 Å². The third-order valence-corrected chi connectivity index (χ3v) is 11.8. The predicted octanol–water partition coefficient (Wildman–Crippen LogP) is 10.3. The van der Waals surface area contributed by atoms with Gasteiger partial charge in [-0.3, -0.25) is 4.79 Å². The number of carboxylic acid groups (broad SMARTS) is 1. The molecule has 0 heterocycles. The summed E-state index contributed by atoms with van der Waals surface area (Å²) in [6, 6.07) is 5.71. The Morgan fingerprint density at radius 3 is 2.15 bits per heavy atom. The average molecular weight is 703 g/mol. The van der Waals surface area contributed by atoms with E-state index in [0.717, 1.165) is 64.2 Å². The first-order valence-corrected chi connectivity index (χ1v) is 17.2. The Kier molecular flexibility index (Phi) is 11.7. The molecule has 0 aliphatic heterocycles. The molecule has 2 fully saturated rings. The lowest BCUT2D eigenvalue weighted by molar-refractivity contribution is -0.396. The highest BCUT2D eigenvalue weighted by Gasteiger charge is 2.81. The number of aliphatic hydroxyl groups excluding tert-OH is 1. The molecule has 0 saturated heterocycles. The zero-order valence-corrected chi connectivity index (χ0v) is 27.2. The number of halogens is 9. The van der Waals surface area contributed by atoms with Gasteiger partial charge in [0.1, 0.15) is 5.75 Å². The monoisotopic (exact) mass is 702 g/mol. The average Bonchev–Trinajstić information content (AvgIpc) is 3.29. The first-order valence-electron chi connectivity index (χ1n) is 17.2. The molecule has 4 rings (SSSR count). The number of phenols is 1. The molecule has 0 radical (unpaired) electrons. The number of fused-ring (bicyclic) bond motifs is 5. The van der Waals surface area contributed by atoms with E-state index in [1.54, 1.807) is 6.07 Å². The summed E-state index contributed by atoms with van der Waals surface area (Å²) in [4.78, 5) is 11.6. The minimum Gasteiger partial charge on any atom is -0.508 e. The number of alkyl halides is 9. The van der Waals surface area contributed by atoms with Gasteiger partial charge in [-0.25, -0.2) is 0 Å². The van der Waals surface area contributed by atoms with Crippen LogP contribution in [0.15, 0.2) is 18.2 Å². The highest BCUT2D eigenvalue weighted by molar-refractivity contribution is 5.69. The van der Waals surface area contributed by atoms with E-state index in [-0.39, 0.29) is 23.7 Å². The smallest absolute Gasteiger partial charge is 0.460 e. The standard InChI is InChI=1S/C35H47F9O4/c1-31-20-23(29-25-15-13-24(45)19-22(25)12-14-26(29)27(31)16-17-28(31)46)10-7-5-3-2-4-6-9-21(30(47)48)11-8-18-32(36,37)33(38,39)34(40,41)35(42,43)44/h13,15,19,21,23,26-29,45-46H,2-12,14,16-18,20H2,1H3,(H,47,48)/t21?,23-,26?,27?,28-,29?,31-/m0/s1. The highest BCUT2D eigenvalue weighted by Crippen LogP contribution is 2.63. The summed E-state index contributed by atoms with van der Waals surface area (Å²) in [6.45, 7) is 2.24. The van der Waals surface area contributed by atoms with Crippen molar-refractivity contribution in [3.63, 3.8) is 0 Å². The van der Waals surface area contributed by atoms with E-state index >= 15 is 0 Å². The summed E-state index contributed by atoms with van der Waals surface area (Å²) in [5.41, 5.74) is 2.42. The molecule has 4 nitrogen and oxygen atoms in total. The van der Waals surface area contributed by atoms with Crippen LogP contribution in [0.5, 0.6) is 5.75 Å². The van der Waals surface area contributed by atoms with Crippen LogP contribution in [0.3, 0.4) is 0 Å². The Balaban J connectivity index is 1.21. The number of hydrogen-bond donors (Lipinski definition) is 3. The lowest BCUT2D eigenvalue weighted by Crippen LogP contribution is -2.60. The lowest BCUT2D eigenvalue weighted by Gasteiger charge is -2.54. The van der Waals surface area contributed by atoms with Crippen LogP contribution in [0.1, 0.15) is 120 Å². The van der Waals surface area contributed by atoms with Crippen molar-refractivity contribution in [3.8, 4) is 5.75 Å². The van der Waals surface area contributed by atoms with E-state index < -0.39 is 55.1 Å². The summed E-state index contributed by atoms with van der Waals surface area (Å²) >= 11 is 0. The SMILES string of the molecule is C[C@]12C[C@H](CCCCCCCCC(CCCC(F)(F)C(F)(F)C(F)(F)C(F)(F)F)C(=O)O)C3c4ccc(O)cc4CCC3C1CC[C@@H]2O. The Labute approximate surface area is 275 Å². The molecular formula is C35H47F9O4. The minimum atomic E-state index is -6.94. The summed E-state index contributed by atoms with van der Waals surface area (Å²) < 4.78 is 118. The molecule has 48 heavy (non-hydrogen) atoms. The molecule has 3 N–H and O–H groups in total. The second-order valence-electron chi connectivity index (χ2n) is 14.8. The summed E-state index contributed by atoms with van der Waals surface area (Å²) in [7, 11) is 0. The molecule has 13 heteroatoms. The molecule has 0 aromatic heterocycles. The van der Waals surface area contributed by atoms with Gasteiger partial charge in [0.15, 0.2) is 0 Å². The Bertz CT molecular complexity index is 1250. The van der Waals surface area contributed by atoms with Gasteiger partial charge in [-0.05, 0) is 110 Å². The molecule has 2 saturated carbocycles. The van der Waals surface area contributed by atoms with Crippen molar-refractivity contribution < 1.29 is 59.6 Å². The van der Waals surface area contributed by atoms with Gasteiger partial charge in [-0.15, -0.1) is 0 Å². The van der Waals surface area contributed by atoms with E-state index in [2.05, 4.69) is 13.0 Å². The van der Waals surface area contributed by atoms with Crippen molar-refractivity contribution in [2.24, 2.45) is 29.1 Å². The van der Waals surface area contributed by atoms with Crippen LogP contribution in [0, 0.1) is 29.1 Å². The van der Waals surface area contributed by atoms with Crippen LogP contribution in [0.4, 0.5) is 39.5 Å². The molecule has 0 bridgehead atoms. The third kappa shape index (κ3) is 7.60. The van der Waals surface area contributed by atoms with Gasteiger partial charge in [-0.1, -0.05) is 51.5 Å². The zero-order valence-electron chi connectivity index (χ0n) is 27.2. The number of unbranched alkanes of at least 4 members (excludes halogenated alkanes) is 5. The summed E-state index contributed by atoms with van der Waals surface area (Å²) in [5.74, 6) is -19.9. The van der Waals surface area contributed by atoms with Crippen LogP contribution in [0.2, 0.25) is 0 Å². The minimum absolute atomic E-state index is 0.0399. The normalized spacial score (nSPS) is 28.4. The van der Waals surface area contributed by atoms with Gasteiger partial charge >= 0.3 is 29.9 Å². The van der Waals surface area contributed by atoms with E-state index in [4.69, 9.17) is 0 Å². The van der Waals surface area contributed by atoms with Crippen molar-refractivity contribution in [2.75, 3.05) is 0 Å². The molecule has 3 aliphatic carbocycles. The number of phenolic OH excluding ortho intramolecular Hbond substituents is 1. The number of rotatable bonds is 16. The molecule has 7 atom stereocenters. The number of carbonyl (C=O) groups is 1. The number of aromatic hydroxyl groups is 1. The highest BCUT2D eigenvalue weighted by atomic mass is 19.4. The van der Waals surface area contributed by atoms with E-state index in [9.17, 15) is 59.6 Å². The van der Waals surface area contributed by atoms with Crippen LogP contribution in [-0.4, -0.2) is 51.3 Å². The first-order chi connectivity index (χ1) is 22.2. The maximum atomic E-state index is 13.8. The van der Waals surface area contributed by atoms with Gasteiger partial charge in [0.25, 0.3) is 0 Å². The summed E-state index contributed by atoms with van der Waals surface area (Å²) in [6.07, 6.45) is -0.294. The Morgan fingerprint density at radius 1 is 0.875 bits per heavy atom. The van der Waals surface area contributed by atoms with Gasteiger partial charge in [-0.2, -0.15) is 39.5 Å². The number of aryl methyl sites for hydroxylation is 1. The van der Waals surface area contributed by atoms with Crippen LogP contribution in [0.25, 0.3) is 0 Å². The largest absolute Gasteiger partial charge is 0.508 e. The van der Waals surface area contributed by atoms with Crippen molar-refractivity contribution in [1.82, 2.24) is 0 Å². The number of carboxylic acids is 1. The first kappa shape index (κ1) is 38.6. The fourth-order valence-corrected chi connectivity index (χ4v) is 9.16. The van der Waals surface area contributed by atoms with Gasteiger partial charge in [0, 0.05) is 6.42 Å². The maximum Gasteiger partial charge on any atom is 0.460 e. The Hall–Kier alpha value is -2.18. The maximum absolute atomic E-state index is 13.8. The molecule has 4 unspecified atom stereocenters. The van der Waals surface area contributed by atoms with Gasteiger partial charge in [0.05, 0.1) is 12.0 Å². The predicted molar refractivity (Wildman–Crippen MR) is 160 cm³/mol. The van der Waals surface area contributed by atoms with Crippen molar-refractivity contribution in [2.45, 2.75) is 146 Å². The second-order valence-corrected chi connectivity index (χ2v) is 14.8. The fraction of sp³-hybridized carbons (Fsp3) is 0.800. The van der Waals surface area contributed by atoms with Crippen molar-refractivity contribution >= 4 is 5.97 Å². The number of aliphatic carboxylic acids is 1. The van der Waals surface area contributed by atoms with Gasteiger partial charge < -0.3 is 15.3 Å². The quantitative estimate of drug-likeness (QED) is 0.118. The van der Waals surface area contributed by atoms with Crippen LogP contribution in [-0.2, 0) is 11.2 Å². The fourth-order valence-electron chi connectivity index (χ4n) is 9.16. The van der Waals surface area contributed by atoms with Crippen molar-refractivity contribution in [1.29, 1.82) is 0 Å². The third-order valence-electron chi connectivity index (χ3n) is 11.8. The number of benzene rings is 1. The molecule has 0 amide bonds. The lowest BCUT2D eigenvalue weighted by atomic mass is 9.51.